The van der Waals surface area contributed by atoms with Gasteiger partial charge in [0.15, 0.2) is 17.3 Å². The quantitative estimate of drug-likeness (QED) is 0.314. The molecule has 0 amide bonds. The van der Waals surface area contributed by atoms with Gasteiger partial charge in [-0.05, 0) is 74.9 Å². The van der Waals surface area contributed by atoms with E-state index in [0.717, 1.165) is 17.0 Å². The van der Waals surface area contributed by atoms with Crippen LogP contribution in [0.5, 0.6) is 17.2 Å². The lowest BCUT2D eigenvalue weighted by atomic mass is 9.71. The molecule has 212 valence electrons. The number of nitrogens with one attached hydrogen (secondary N) is 1. The van der Waals surface area contributed by atoms with E-state index < -0.39 is 17.9 Å². The van der Waals surface area contributed by atoms with Gasteiger partial charge in [-0.2, -0.15) is 0 Å². The number of hydrogen-bond acceptors (Lipinski definition) is 8. The van der Waals surface area contributed by atoms with Crippen LogP contribution in [0.1, 0.15) is 76.8 Å². The normalized spacial score (nSPS) is 19.4. The predicted octanol–water partition coefficient (Wildman–Crippen LogP) is 5.72. The Bertz CT molecular complexity index is 1360. The van der Waals surface area contributed by atoms with Gasteiger partial charge in [0.05, 0.1) is 25.4 Å². The SMILES string of the molecule is CCOc1cc([C@@H]2C(C(=O)O[C@@H](C)CC)=C(C)NC3=C2C(=O)C[C@@H](c2ccc(OC)cc2)C3)ccc1OC(C)=O. The minimum atomic E-state index is -0.664. The van der Waals surface area contributed by atoms with Crippen LogP contribution in [0.15, 0.2) is 65.0 Å². The maximum Gasteiger partial charge on any atom is 0.337 e. The van der Waals surface area contributed by atoms with E-state index in [4.69, 9.17) is 18.9 Å². The van der Waals surface area contributed by atoms with Gasteiger partial charge in [0, 0.05) is 36.2 Å². The third-order valence-electron chi connectivity index (χ3n) is 7.37. The van der Waals surface area contributed by atoms with Crippen molar-refractivity contribution in [3.05, 3.63) is 76.1 Å². The summed E-state index contributed by atoms with van der Waals surface area (Å²) in [6.07, 6.45) is 1.30. The van der Waals surface area contributed by atoms with Crippen LogP contribution in [0, 0.1) is 0 Å². The van der Waals surface area contributed by atoms with E-state index in [0.29, 0.717) is 54.0 Å². The second kappa shape index (κ2) is 12.4. The summed E-state index contributed by atoms with van der Waals surface area (Å²) in [6, 6.07) is 12.9. The molecule has 3 atom stereocenters. The van der Waals surface area contributed by atoms with Gasteiger partial charge in [0.2, 0.25) is 0 Å². The number of hydrogen-bond donors (Lipinski definition) is 1. The van der Waals surface area contributed by atoms with E-state index in [1.54, 1.807) is 25.3 Å². The molecular weight excluding hydrogens is 510 g/mol. The highest BCUT2D eigenvalue weighted by Crippen LogP contribution is 2.47. The summed E-state index contributed by atoms with van der Waals surface area (Å²) in [5, 5.41) is 3.38. The second-order valence-corrected chi connectivity index (χ2v) is 10.1. The highest BCUT2D eigenvalue weighted by Gasteiger charge is 2.42. The molecular formula is C32H37NO7. The Balaban J connectivity index is 1.81. The second-order valence-electron chi connectivity index (χ2n) is 10.1. The molecule has 0 fully saturated rings. The fourth-order valence-corrected chi connectivity index (χ4v) is 5.30. The van der Waals surface area contributed by atoms with Crippen molar-refractivity contribution in [2.75, 3.05) is 13.7 Å². The monoisotopic (exact) mass is 547 g/mol. The first-order chi connectivity index (χ1) is 19.2. The minimum absolute atomic E-state index is 0.0166. The van der Waals surface area contributed by atoms with Crippen LogP contribution in [0.25, 0.3) is 0 Å². The average molecular weight is 548 g/mol. The molecule has 0 aromatic heterocycles. The minimum Gasteiger partial charge on any atom is -0.497 e. The molecule has 2 aliphatic rings. The molecule has 2 aromatic carbocycles. The summed E-state index contributed by atoms with van der Waals surface area (Å²) in [5.41, 5.74) is 4.10. The lowest BCUT2D eigenvalue weighted by Crippen LogP contribution is -2.36. The fraction of sp³-hybridized carbons (Fsp3) is 0.406. The lowest BCUT2D eigenvalue weighted by molar-refractivity contribution is -0.144. The third kappa shape index (κ3) is 6.06. The summed E-state index contributed by atoms with van der Waals surface area (Å²) in [5.74, 6) is -0.262. The van der Waals surface area contributed by atoms with E-state index in [-0.39, 0.29) is 23.6 Å². The van der Waals surface area contributed by atoms with E-state index in [9.17, 15) is 14.4 Å². The number of methoxy groups -OCH3 is 1. The van der Waals surface area contributed by atoms with E-state index in [1.165, 1.54) is 6.92 Å². The number of ketones is 1. The van der Waals surface area contributed by atoms with E-state index in [1.807, 2.05) is 52.0 Å². The molecule has 0 radical (unpaired) electrons. The number of rotatable bonds is 9. The zero-order chi connectivity index (χ0) is 29.0. The van der Waals surface area contributed by atoms with Crippen molar-refractivity contribution in [3.8, 4) is 17.2 Å². The number of carbonyl (C=O) groups is 3. The highest BCUT2D eigenvalue weighted by molar-refractivity contribution is 6.04. The number of allylic oxidation sites excluding steroid dienone is 3. The zero-order valence-corrected chi connectivity index (χ0v) is 24.0. The van der Waals surface area contributed by atoms with Crippen molar-refractivity contribution in [2.24, 2.45) is 0 Å². The summed E-state index contributed by atoms with van der Waals surface area (Å²) in [7, 11) is 1.62. The molecule has 0 unspecified atom stereocenters. The van der Waals surface area contributed by atoms with Crippen LogP contribution in [-0.4, -0.2) is 37.5 Å². The van der Waals surface area contributed by atoms with Crippen LogP contribution in [-0.2, 0) is 19.1 Å². The number of dihydropyridines is 1. The Morgan fingerprint density at radius 2 is 1.73 bits per heavy atom. The zero-order valence-electron chi connectivity index (χ0n) is 24.0. The van der Waals surface area contributed by atoms with Gasteiger partial charge >= 0.3 is 11.9 Å². The summed E-state index contributed by atoms with van der Waals surface area (Å²) < 4.78 is 22.2. The molecule has 0 bridgehead atoms. The summed E-state index contributed by atoms with van der Waals surface area (Å²) in [6.45, 7) is 9.12. The number of ether oxygens (including phenoxy) is 4. The van der Waals surface area contributed by atoms with Crippen molar-refractivity contribution in [3.63, 3.8) is 0 Å². The molecule has 0 saturated heterocycles. The molecule has 8 nitrogen and oxygen atoms in total. The van der Waals surface area contributed by atoms with Crippen molar-refractivity contribution < 1.29 is 33.3 Å². The number of esters is 2. The molecule has 4 rings (SSSR count). The Morgan fingerprint density at radius 3 is 2.35 bits per heavy atom. The highest BCUT2D eigenvalue weighted by atomic mass is 16.6. The predicted molar refractivity (Wildman–Crippen MR) is 150 cm³/mol. The molecule has 1 N–H and O–H groups in total. The summed E-state index contributed by atoms with van der Waals surface area (Å²) in [4.78, 5) is 39.1. The van der Waals surface area contributed by atoms with Crippen molar-refractivity contribution in [1.82, 2.24) is 5.32 Å². The number of Topliss-reactive ketones (excluding diaryl/α,β-unsaturated/α-hetero) is 1. The van der Waals surface area contributed by atoms with Gasteiger partial charge < -0.3 is 24.3 Å². The van der Waals surface area contributed by atoms with Crippen LogP contribution >= 0.6 is 0 Å². The smallest absolute Gasteiger partial charge is 0.337 e. The molecule has 0 spiro atoms. The molecule has 0 saturated carbocycles. The van der Waals surface area contributed by atoms with Crippen LogP contribution < -0.4 is 19.5 Å². The molecule has 1 aliphatic heterocycles. The Kier molecular flexibility index (Phi) is 8.97. The molecule has 2 aromatic rings. The Morgan fingerprint density at radius 1 is 1.02 bits per heavy atom. The van der Waals surface area contributed by atoms with Crippen LogP contribution in [0.2, 0.25) is 0 Å². The maximum atomic E-state index is 13.9. The average Bonchev–Trinajstić information content (AvgIpc) is 2.92. The van der Waals surface area contributed by atoms with Crippen LogP contribution in [0.3, 0.4) is 0 Å². The third-order valence-corrected chi connectivity index (χ3v) is 7.37. The van der Waals surface area contributed by atoms with Crippen molar-refractivity contribution >= 4 is 17.7 Å². The van der Waals surface area contributed by atoms with Gasteiger partial charge in [-0.1, -0.05) is 25.1 Å². The Labute approximate surface area is 235 Å². The number of carbonyl (C=O) groups excluding carboxylic acids is 3. The standard InChI is InChI=1S/C32H37NO7/c1-7-18(3)39-32(36)29-19(4)33-25-15-23(21-9-12-24(37-6)13-10-21)16-26(35)31(25)30(29)22-11-14-27(40-20(5)34)28(17-22)38-8-2/h9-14,17-18,23,30,33H,7-8,15-16H2,1-6H3/t18-,23-,30+/m0/s1. The molecule has 1 heterocycles. The largest absolute Gasteiger partial charge is 0.497 e. The van der Waals surface area contributed by atoms with E-state index in [2.05, 4.69) is 5.32 Å². The maximum absolute atomic E-state index is 13.9. The molecule has 8 heteroatoms. The number of benzene rings is 2. The van der Waals surface area contributed by atoms with Gasteiger partial charge in [-0.25, -0.2) is 4.79 Å². The fourth-order valence-electron chi connectivity index (χ4n) is 5.30. The summed E-state index contributed by atoms with van der Waals surface area (Å²) >= 11 is 0. The molecule has 1 aliphatic carbocycles. The van der Waals surface area contributed by atoms with Gasteiger partial charge in [0.1, 0.15) is 5.75 Å². The first-order valence-electron chi connectivity index (χ1n) is 13.7. The van der Waals surface area contributed by atoms with E-state index >= 15 is 0 Å². The first kappa shape index (κ1) is 28.9. The van der Waals surface area contributed by atoms with Crippen LogP contribution in [0.4, 0.5) is 0 Å². The van der Waals surface area contributed by atoms with Crippen molar-refractivity contribution in [2.45, 2.75) is 71.8 Å². The first-order valence-corrected chi connectivity index (χ1v) is 13.7. The molecule has 40 heavy (non-hydrogen) atoms. The lowest BCUT2D eigenvalue weighted by Gasteiger charge is -2.37. The van der Waals surface area contributed by atoms with Gasteiger partial charge in [0.25, 0.3) is 0 Å². The van der Waals surface area contributed by atoms with Gasteiger partial charge in [-0.3, -0.25) is 9.59 Å². The Hall–Kier alpha value is -4.07. The topological polar surface area (TPSA) is 100 Å². The van der Waals surface area contributed by atoms with Gasteiger partial charge in [-0.15, -0.1) is 0 Å². The van der Waals surface area contributed by atoms with Crippen molar-refractivity contribution in [1.29, 1.82) is 0 Å².